The lowest BCUT2D eigenvalue weighted by molar-refractivity contribution is -0.117. The number of nitrogens with one attached hydrogen (secondary N) is 1. The van der Waals surface area contributed by atoms with E-state index in [1.807, 2.05) is 13.8 Å². The average Bonchev–Trinajstić information content (AvgIpc) is 2.32. The van der Waals surface area contributed by atoms with Gasteiger partial charge in [0.1, 0.15) is 0 Å². The fourth-order valence-electron chi connectivity index (χ4n) is 1.65. The lowest BCUT2D eigenvalue weighted by Crippen LogP contribution is -2.36. The van der Waals surface area contributed by atoms with Crippen LogP contribution in [0.15, 0.2) is 12.1 Å². The number of hydrogen-bond donors (Lipinski definition) is 3. The van der Waals surface area contributed by atoms with Crippen LogP contribution in [-0.4, -0.2) is 23.0 Å². The summed E-state index contributed by atoms with van der Waals surface area (Å²) >= 11 is 11.9. The monoisotopic (exact) mass is 318 g/mol. The zero-order valence-corrected chi connectivity index (χ0v) is 12.6. The molecular weight excluding hydrogens is 303 g/mol. The highest BCUT2D eigenvalue weighted by molar-refractivity contribution is 6.40. The van der Waals surface area contributed by atoms with E-state index < -0.39 is 17.9 Å². The summed E-state index contributed by atoms with van der Waals surface area (Å²) < 4.78 is 0. The van der Waals surface area contributed by atoms with E-state index in [0.29, 0.717) is 6.42 Å². The van der Waals surface area contributed by atoms with Crippen molar-refractivity contribution < 1.29 is 14.7 Å². The van der Waals surface area contributed by atoms with Crippen LogP contribution in [0.4, 0.5) is 5.69 Å². The number of halogens is 2. The molecule has 1 aromatic rings. The summed E-state index contributed by atoms with van der Waals surface area (Å²) in [4.78, 5) is 22.7. The minimum absolute atomic E-state index is 0.0514. The maximum Gasteiger partial charge on any atom is 0.335 e. The second kappa shape index (κ2) is 6.92. The lowest BCUT2D eigenvalue weighted by Gasteiger charge is -2.16. The summed E-state index contributed by atoms with van der Waals surface area (Å²) in [6.07, 6.45) is 0.522. The first-order valence-corrected chi connectivity index (χ1v) is 6.76. The number of benzene rings is 1. The van der Waals surface area contributed by atoms with Crippen LogP contribution in [0.2, 0.25) is 10.0 Å². The highest BCUT2D eigenvalue weighted by atomic mass is 35.5. The van der Waals surface area contributed by atoms with Crippen LogP contribution in [0.5, 0.6) is 0 Å². The number of nitrogens with two attached hydrogens (primary N) is 1. The summed E-state index contributed by atoms with van der Waals surface area (Å²) in [5.74, 6) is -1.29. The number of anilines is 1. The number of hydrogen-bond acceptors (Lipinski definition) is 3. The quantitative estimate of drug-likeness (QED) is 0.778. The van der Waals surface area contributed by atoms with Gasteiger partial charge < -0.3 is 16.2 Å². The van der Waals surface area contributed by atoms with Gasteiger partial charge in [0.2, 0.25) is 5.91 Å². The molecule has 1 aromatic carbocycles. The summed E-state index contributed by atoms with van der Waals surface area (Å²) in [7, 11) is 0. The molecule has 0 saturated carbocycles. The molecule has 0 radical (unpaired) electrons. The SMILES string of the molecule is CC(C)C[C@H](N)C(=O)Nc1c(Cl)cc(C(=O)O)cc1Cl. The largest absolute Gasteiger partial charge is 0.478 e. The standard InChI is InChI=1S/C13H16Cl2N2O3/c1-6(2)3-10(16)12(18)17-11-8(14)4-7(13(19)20)5-9(11)15/h4-6,10H,3,16H2,1-2H3,(H,17,18)(H,19,20)/t10-/m0/s1. The molecule has 20 heavy (non-hydrogen) atoms. The summed E-state index contributed by atoms with van der Waals surface area (Å²) in [6, 6.07) is 1.76. The smallest absolute Gasteiger partial charge is 0.335 e. The molecule has 1 atom stereocenters. The lowest BCUT2D eigenvalue weighted by atomic mass is 10.0. The molecule has 0 aromatic heterocycles. The highest BCUT2D eigenvalue weighted by Crippen LogP contribution is 2.32. The van der Waals surface area contributed by atoms with Gasteiger partial charge in [-0.3, -0.25) is 4.79 Å². The van der Waals surface area contributed by atoms with E-state index in [1.54, 1.807) is 0 Å². The van der Waals surface area contributed by atoms with Gasteiger partial charge in [0.25, 0.3) is 0 Å². The summed E-state index contributed by atoms with van der Waals surface area (Å²) in [5.41, 5.74) is 5.87. The van der Waals surface area contributed by atoms with Crippen LogP contribution < -0.4 is 11.1 Å². The van der Waals surface area contributed by atoms with Crippen molar-refractivity contribution in [3.8, 4) is 0 Å². The zero-order chi connectivity index (χ0) is 15.4. The Kier molecular flexibility index (Phi) is 5.80. The van der Waals surface area contributed by atoms with Crippen LogP contribution in [0.25, 0.3) is 0 Å². The van der Waals surface area contributed by atoms with Crippen LogP contribution in [0, 0.1) is 5.92 Å². The van der Waals surface area contributed by atoms with Gasteiger partial charge in [-0.15, -0.1) is 0 Å². The van der Waals surface area contributed by atoms with Crippen molar-refractivity contribution in [2.24, 2.45) is 11.7 Å². The van der Waals surface area contributed by atoms with Crippen molar-refractivity contribution in [1.82, 2.24) is 0 Å². The molecule has 0 aliphatic carbocycles. The van der Waals surface area contributed by atoms with Gasteiger partial charge in [-0.05, 0) is 24.5 Å². The van der Waals surface area contributed by atoms with E-state index in [1.165, 1.54) is 12.1 Å². The van der Waals surface area contributed by atoms with E-state index >= 15 is 0 Å². The van der Waals surface area contributed by atoms with E-state index in [4.69, 9.17) is 34.0 Å². The number of carbonyl (C=O) groups is 2. The van der Waals surface area contributed by atoms with Gasteiger partial charge in [0.05, 0.1) is 27.3 Å². The first-order chi connectivity index (χ1) is 9.22. The minimum atomic E-state index is -1.15. The maximum absolute atomic E-state index is 11.9. The molecule has 0 heterocycles. The second-order valence-electron chi connectivity index (χ2n) is 4.85. The Balaban J connectivity index is 2.93. The third-order valence-electron chi connectivity index (χ3n) is 2.60. The molecule has 110 valence electrons. The topological polar surface area (TPSA) is 92.4 Å². The second-order valence-corrected chi connectivity index (χ2v) is 5.66. The van der Waals surface area contributed by atoms with Gasteiger partial charge in [0, 0.05) is 0 Å². The third-order valence-corrected chi connectivity index (χ3v) is 3.20. The van der Waals surface area contributed by atoms with Crippen LogP contribution in [0.3, 0.4) is 0 Å². The molecule has 1 rings (SSSR count). The molecule has 7 heteroatoms. The minimum Gasteiger partial charge on any atom is -0.478 e. The number of rotatable bonds is 5. The van der Waals surface area contributed by atoms with Crippen molar-refractivity contribution in [3.63, 3.8) is 0 Å². The van der Waals surface area contributed by atoms with Gasteiger partial charge in [-0.25, -0.2) is 4.79 Å². The van der Waals surface area contributed by atoms with Crippen LogP contribution >= 0.6 is 23.2 Å². The Morgan fingerprint density at radius 1 is 1.30 bits per heavy atom. The fourth-order valence-corrected chi connectivity index (χ4v) is 2.23. The van der Waals surface area contributed by atoms with Gasteiger partial charge >= 0.3 is 5.97 Å². The van der Waals surface area contributed by atoms with Gasteiger partial charge in [-0.1, -0.05) is 37.0 Å². The third kappa shape index (κ3) is 4.37. The Morgan fingerprint density at radius 3 is 2.20 bits per heavy atom. The zero-order valence-electron chi connectivity index (χ0n) is 11.1. The molecule has 4 N–H and O–H groups in total. The van der Waals surface area contributed by atoms with Crippen molar-refractivity contribution in [1.29, 1.82) is 0 Å². The molecule has 1 amide bonds. The van der Waals surface area contributed by atoms with E-state index in [9.17, 15) is 9.59 Å². The number of aromatic carboxylic acids is 1. The Morgan fingerprint density at radius 2 is 1.80 bits per heavy atom. The molecular formula is C13H16Cl2N2O3. The number of carbonyl (C=O) groups excluding carboxylic acids is 1. The Labute approximate surface area is 127 Å². The summed E-state index contributed by atoms with van der Waals surface area (Å²) in [5, 5.41) is 11.5. The molecule has 0 spiro atoms. The maximum atomic E-state index is 11.9. The molecule has 0 fully saturated rings. The fraction of sp³-hybridized carbons (Fsp3) is 0.385. The molecule has 0 bridgehead atoms. The molecule has 0 saturated heterocycles. The Bertz CT molecular complexity index is 509. The highest BCUT2D eigenvalue weighted by Gasteiger charge is 2.19. The number of carboxylic acids is 1. The van der Waals surface area contributed by atoms with Crippen LogP contribution in [0.1, 0.15) is 30.6 Å². The van der Waals surface area contributed by atoms with Gasteiger partial charge in [-0.2, -0.15) is 0 Å². The van der Waals surface area contributed by atoms with E-state index in [0.717, 1.165) is 0 Å². The molecule has 0 aliphatic rings. The van der Waals surface area contributed by atoms with Crippen molar-refractivity contribution in [2.45, 2.75) is 26.3 Å². The van der Waals surface area contributed by atoms with E-state index in [-0.39, 0.29) is 27.2 Å². The molecule has 0 aliphatic heterocycles. The van der Waals surface area contributed by atoms with Crippen LogP contribution in [-0.2, 0) is 4.79 Å². The van der Waals surface area contributed by atoms with Crippen molar-refractivity contribution >= 4 is 40.8 Å². The first kappa shape index (κ1) is 16.8. The van der Waals surface area contributed by atoms with Crippen molar-refractivity contribution in [2.75, 3.05) is 5.32 Å². The van der Waals surface area contributed by atoms with Gasteiger partial charge in [0.15, 0.2) is 0 Å². The first-order valence-electron chi connectivity index (χ1n) is 6.01. The van der Waals surface area contributed by atoms with E-state index in [2.05, 4.69) is 5.32 Å². The molecule has 0 unspecified atom stereocenters. The number of amides is 1. The molecule has 5 nitrogen and oxygen atoms in total. The predicted octanol–water partition coefficient (Wildman–Crippen LogP) is 3.00. The average molecular weight is 319 g/mol. The number of carboxylic acid groups (broad SMARTS) is 1. The summed E-state index contributed by atoms with van der Waals surface area (Å²) in [6.45, 7) is 3.91. The van der Waals surface area contributed by atoms with Crippen molar-refractivity contribution in [3.05, 3.63) is 27.7 Å². The normalized spacial score (nSPS) is 12.3. The predicted molar refractivity (Wildman–Crippen MR) is 79.5 cm³/mol. The Hall–Kier alpha value is -1.30.